The van der Waals surface area contributed by atoms with Crippen molar-refractivity contribution in [2.45, 2.75) is 8.92 Å². The molecule has 1 aliphatic heterocycles. The van der Waals surface area contributed by atoms with E-state index in [9.17, 15) is 4.79 Å². The maximum atomic E-state index is 10.6. The van der Waals surface area contributed by atoms with Crippen LogP contribution in [0.3, 0.4) is 0 Å². The molecule has 0 spiro atoms. The average Bonchev–Trinajstić information content (AvgIpc) is 2.34. The number of carboxylic acids is 1. The summed E-state index contributed by atoms with van der Waals surface area (Å²) >= 11 is 8.17. The lowest BCUT2D eigenvalue weighted by atomic mass is 10.2. The summed E-state index contributed by atoms with van der Waals surface area (Å²) in [6, 6.07) is -0.422. The number of carboxylic acid groups (broad SMARTS) is 1. The zero-order valence-corrected chi connectivity index (χ0v) is 8.46. The Hall–Kier alpha value is 0.450. The molecule has 0 bridgehead atoms. The minimum absolute atomic E-state index is 0.127. The van der Waals surface area contributed by atoms with Gasteiger partial charge in [-0.25, -0.2) is 0 Å². The van der Waals surface area contributed by atoms with E-state index in [0.717, 1.165) is 6.54 Å². The fourth-order valence-corrected chi connectivity index (χ4v) is 3.41. The Morgan fingerprint density at radius 3 is 2.73 bits per heavy atom. The molecule has 0 aromatic carbocycles. The van der Waals surface area contributed by atoms with Crippen molar-refractivity contribution in [1.29, 1.82) is 0 Å². The van der Waals surface area contributed by atoms with Crippen molar-refractivity contribution in [3.8, 4) is 0 Å². The van der Waals surface area contributed by atoms with E-state index in [1.165, 1.54) is 0 Å². The molecule has 0 radical (unpaired) electrons. The molecule has 3 nitrogen and oxygen atoms in total. The summed E-state index contributed by atoms with van der Waals surface area (Å²) in [6.45, 7) is 0.744. The van der Waals surface area contributed by atoms with E-state index in [-0.39, 0.29) is 8.80 Å². The van der Waals surface area contributed by atoms with E-state index >= 15 is 0 Å². The molecule has 4 atom stereocenters. The normalized spacial score (nSPS) is 53.8. The van der Waals surface area contributed by atoms with Crippen LogP contribution >= 0.6 is 34.2 Å². The summed E-state index contributed by atoms with van der Waals surface area (Å²) < 4.78 is -0.286. The molecule has 1 saturated heterocycles. The molecule has 2 rings (SSSR count). The number of alkyl halides is 2. The van der Waals surface area contributed by atoms with Crippen LogP contribution in [0.15, 0.2) is 0 Å². The van der Waals surface area contributed by atoms with Crippen molar-refractivity contribution < 1.29 is 9.90 Å². The molecule has 1 saturated carbocycles. The monoisotopic (exact) mass is 287 g/mol. The van der Waals surface area contributed by atoms with E-state index in [4.69, 9.17) is 16.7 Å². The highest BCUT2D eigenvalue weighted by Crippen LogP contribution is 2.64. The number of aliphatic carboxylic acids is 1. The first kappa shape index (κ1) is 8.07. The molecule has 0 aromatic rings. The standard InChI is InChI=1S/C6H7ClINO2/c7-6(8)2-1-9-4(3(2)6)5(10)11/h2-4,9H,1H2,(H,10,11)/t2-,3-,4?,6?/m0/s1. The molecule has 0 aromatic heterocycles. The van der Waals surface area contributed by atoms with Gasteiger partial charge in [-0.2, -0.15) is 0 Å². The Labute approximate surface area is 82.6 Å². The Balaban J connectivity index is 2.13. The van der Waals surface area contributed by atoms with Gasteiger partial charge in [-0.15, -0.1) is 11.6 Å². The zero-order chi connectivity index (χ0) is 8.22. The average molecular weight is 287 g/mol. The maximum Gasteiger partial charge on any atom is 0.321 e. The lowest BCUT2D eigenvalue weighted by molar-refractivity contribution is -0.139. The number of nitrogens with one attached hydrogen (secondary N) is 1. The lowest BCUT2D eigenvalue weighted by Gasteiger charge is -2.11. The smallest absolute Gasteiger partial charge is 0.321 e. The van der Waals surface area contributed by atoms with Crippen molar-refractivity contribution in [3.63, 3.8) is 0 Å². The Bertz CT molecular complexity index is 221. The number of piperidine rings is 1. The number of hydrogen-bond acceptors (Lipinski definition) is 2. The highest BCUT2D eigenvalue weighted by atomic mass is 127. The minimum atomic E-state index is -0.781. The fraction of sp³-hybridized carbons (Fsp3) is 0.833. The van der Waals surface area contributed by atoms with E-state index in [1.54, 1.807) is 0 Å². The van der Waals surface area contributed by atoms with Gasteiger partial charge in [0.05, 0.1) is 0 Å². The third-order valence-corrected chi connectivity index (χ3v) is 4.50. The van der Waals surface area contributed by atoms with Gasteiger partial charge < -0.3 is 10.4 Å². The van der Waals surface area contributed by atoms with Crippen LogP contribution in [0.5, 0.6) is 0 Å². The van der Waals surface area contributed by atoms with Crippen LogP contribution in [0.2, 0.25) is 0 Å². The van der Waals surface area contributed by atoms with Crippen molar-refractivity contribution in [1.82, 2.24) is 5.32 Å². The van der Waals surface area contributed by atoms with Gasteiger partial charge in [-0.1, -0.05) is 22.6 Å². The number of halogens is 2. The van der Waals surface area contributed by atoms with Crippen LogP contribution in [0, 0.1) is 11.8 Å². The topological polar surface area (TPSA) is 49.3 Å². The minimum Gasteiger partial charge on any atom is -0.480 e. The number of rotatable bonds is 1. The highest BCUT2D eigenvalue weighted by Gasteiger charge is 2.70. The first-order valence-electron chi connectivity index (χ1n) is 3.39. The Morgan fingerprint density at radius 2 is 2.45 bits per heavy atom. The SMILES string of the molecule is O=C(O)C1NC[C@H]2[C@@H]1C2(Cl)I. The van der Waals surface area contributed by atoms with Gasteiger partial charge >= 0.3 is 5.97 Å². The van der Waals surface area contributed by atoms with Crippen LogP contribution in [-0.2, 0) is 4.79 Å². The third kappa shape index (κ3) is 0.990. The molecule has 62 valence electrons. The molecule has 2 unspecified atom stereocenters. The van der Waals surface area contributed by atoms with Gasteiger partial charge in [-0.05, 0) is 0 Å². The third-order valence-electron chi connectivity index (χ3n) is 2.45. The van der Waals surface area contributed by atoms with Gasteiger partial charge in [0.25, 0.3) is 0 Å². The van der Waals surface area contributed by atoms with E-state index in [2.05, 4.69) is 27.9 Å². The highest BCUT2D eigenvalue weighted by molar-refractivity contribution is 14.1. The summed E-state index contributed by atoms with van der Waals surface area (Å²) in [5, 5.41) is 11.6. The van der Waals surface area contributed by atoms with Crippen LogP contribution in [0.4, 0.5) is 0 Å². The second kappa shape index (κ2) is 2.23. The largest absolute Gasteiger partial charge is 0.480 e. The van der Waals surface area contributed by atoms with Gasteiger partial charge in [-0.3, -0.25) is 4.79 Å². The van der Waals surface area contributed by atoms with Gasteiger partial charge in [0.1, 0.15) is 8.92 Å². The second-order valence-corrected chi connectivity index (χ2v) is 6.08. The zero-order valence-electron chi connectivity index (χ0n) is 5.55. The van der Waals surface area contributed by atoms with Crippen molar-refractivity contribution in [2.24, 2.45) is 11.8 Å². The van der Waals surface area contributed by atoms with Crippen molar-refractivity contribution >= 4 is 40.2 Å². The van der Waals surface area contributed by atoms with Gasteiger partial charge in [0, 0.05) is 18.4 Å². The summed E-state index contributed by atoms with van der Waals surface area (Å²) in [5.41, 5.74) is 0. The van der Waals surface area contributed by atoms with Crippen LogP contribution in [0.1, 0.15) is 0 Å². The summed E-state index contributed by atoms with van der Waals surface area (Å²) in [5.74, 6) is -0.301. The van der Waals surface area contributed by atoms with E-state index in [0.29, 0.717) is 5.92 Å². The molecule has 5 heteroatoms. The molecule has 2 fully saturated rings. The first-order valence-corrected chi connectivity index (χ1v) is 4.85. The summed E-state index contributed by atoms with van der Waals surface area (Å²) in [4.78, 5) is 10.6. The van der Waals surface area contributed by atoms with Crippen molar-refractivity contribution in [2.75, 3.05) is 6.54 Å². The molecular formula is C6H7ClINO2. The van der Waals surface area contributed by atoms with Gasteiger partial charge in [0.15, 0.2) is 0 Å². The molecule has 1 heterocycles. The van der Waals surface area contributed by atoms with Crippen molar-refractivity contribution in [3.05, 3.63) is 0 Å². The molecular weight excluding hydrogens is 280 g/mol. The number of fused-ring (bicyclic) bond motifs is 1. The molecule has 0 amide bonds. The van der Waals surface area contributed by atoms with E-state index < -0.39 is 12.0 Å². The molecule has 2 aliphatic rings. The molecule has 1 aliphatic carbocycles. The quantitative estimate of drug-likeness (QED) is 0.550. The van der Waals surface area contributed by atoms with Crippen LogP contribution < -0.4 is 5.32 Å². The van der Waals surface area contributed by atoms with Gasteiger partial charge in [0.2, 0.25) is 0 Å². The predicted octanol–water partition coefficient (Wildman–Crippen LogP) is 0.659. The number of hydrogen-bond donors (Lipinski definition) is 2. The Morgan fingerprint density at radius 1 is 1.82 bits per heavy atom. The molecule has 11 heavy (non-hydrogen) atoms. The fourth-order valence-electron chi connectivity index (χ4n) is 1.76. The van der Waals surface area contributed by atoms with E-state index in [1.807, 2.05) is 0 Å². The predicted molar refractivity (Wildman–Crippen MR) is 49.0 cm³/mol. The molecule has 2 N–H and O–H groups in total. The second-order valence-electron chi connectivity index (χ2n) is 3.03. The van der Waals surface area contributed by atoms with Crippen LogP contribution in [0.25, 0.3) is 0 Å². The summed E-state index contributed by atoms with van der Waals surface area (Å²) in [6.07, 6.45) is 0. The maximum absolute atomic E-state index is 10.6. The summed E-state index contributed by atoms with van der Waals surface area (Å²) in [7, 11) is 0. The van der Waals surface area contributed by atoms with Crippen LogP contribution in [-0.4, -0.2) is 26.5 Å². The number of carbonyl (C=O) groups is 1. The lowest BCUT2D eigenvalue weighted by Crippen LogP contribution is -2.37. The Kier molecular flexibility index (Phi) is 1.64. The first-order chi connectivity index (χ1) is 5.05.